The van der Waals surface area contributed by atoms with Crippen LogP contribution in [-0.4, -0.2) is 39.4 Å². The van der Waals surface area contributed by atoms with Crippen molar-refractivity contribution in [3.63, 3.8) is 0 Å². The minimum Gasteiger partial charge on any atom is -0.497 e. The van der Waals surface area contributed by atoms with Gasteiger partial charge in [0.05, 0.1) is 12.9 Å². The van der Waals surface area contributed by atoms with Crippen molar-refractivity contribution in [2.45, 2.75) is 44.8 Å². The largest absolute Gasteiger partial charge is 0.497 e. The Kier molecular flexibility index (Phi) is 7.66. The lowest BCUT2D eigenvalue weighted by Gasteiger charge is -2.11. The number of benzene rings is 1. The van der Waals surface area contributed by atoms with Gasteiger partial charge in [-0.1, -0.05) is 32.5 Å². The van der Waals surface area contributed by atoms with E-state index in [-0.39, 0.29) is 17.6 Å². The van der Waals surface area contributed by atoms with Gasteiger partial charge in [0, 0.05) is 18.0 Å². The zero-order valence-electron chi connectivity index (χ0n) is 16.0. The molecule has 9 heteroatoms. The SMILES string of the molecule is CCCn1c(SCC(=O)NNC(=O)c2ccc(OC)cc2)nnc1C(C)C. The molecule has 1 heterocycles. The van der Waals surface area contributed by atoms with Crippen LogP contribution in [0.4, 0.5) is 0 Å². The highest BCUT2D eigenvalue weighted by Gasteiger charge is 2.16. The second kappa shape index (κ2) is 9.96. The van der Waals surface area contributed by atoms with Crippen LogP contribution >= 0.6 is 11.8 Å². The van der Waals surface area contributed by atoms with Crippen molar-refractivity contribution >= 4 is 23.6 Å². The number of carbonyl (C=O) groups excluding carboxylic acids is 2. The molecule has 0 saturated carbocycles. The van der Waals surface area contributed by atoms with E-state index >= 15 is 0 Å². The normalized spacial score (nSPS) is 10.7. The van der Waals surface area contributed by atoms with E-state index in [1.165, 1.54) is 11.8 Å². The Hall–Kier alpha value is -2.55. The summed E-state index contributed by atoms with van der Waals surface area (Å²) in [6.07, 6.45) is 0.954. The lowest BCUT2D eigenvalue weighted by molar-refractivity contribution is -0.119. The van der Waals surface area contributed by atoms with Crippen LogP contribution in [-0.2, 0) is 11.3 Å². The number of amides is 2. The zero-order valence-corrected chi connectivity index (χ0v) is 16.8. The molecule has 0 spiro atoms. The molecule has 0 saturated heterocycles. The minimum atomic E-state index is -0.396. The Balaban J connectivity index is 1.86. The summed E-state index contributed by atoms with van der Waals surface area (Å²) < 4.78 is 7.09. The second-order valence-corrected chi connectivity index (χ2v) is 7.11. The van der Waals surface area contributed by atoms with Crippen LogP contribution in [0, 0.1) is 0 Å². The fourth-order valence-electron chi connectivity index (χ4n) is 2.37. The molecular weight excluding hydrogens is 366 g/mol. The van der Waals surface area contributed by atoms with Crippen LogP contribution in [0.5, 0.6) is 5.75 Å². The Morgan fingerprint density at radius 2 is 1.89 bits per heavy atom. The van der Waals surface area contributed by atoms with Gasteiger partial charge in [0.2, 0.25) is 5.91 Å². The monoisotopic (exact) mass is 391 g/mol. The lowest BCUT2D eigenvalue weighted by atomic mass is 10.2. The summed E-state index contributed by atoms with van der Waals surface area (Å²) in [7, 11) is 1.55. The molecular formula is C18H25N5O3S. The van der Waals surface area contributed by atoms with Crippen molar-refractivity contribution in [3.8, 4) is 5.75 Å². The zero-order chi connectivity index (χ0) is 19.8. The number of nitrogens with one attached hydrogen (secondary N) is 2. The summed E-state index contributed by atoms with van der Waals surface area (Å²) in [4.78, 5) is 24.1. The van der Waals surface area contributed by atoms with Crippen LogP contribution < -0.4 is 15.6 Å². The molecule has 1 aromatic heterocycles. The third kappa shape index (κ3) is 5.72. The molecule has 0 aliphatic heterocycles. The molecule has 2 N–H and O–H groups in total. The highest BCUT2D eigenvalue weighted by Crippen LogP contribution is 2.21. The number of thioether (sulfide) groups is 1. The van der Waals surface area contributed by atoms with Gasteiger partial charge in [-0.2, -0.15) is 0 Å². The maximum Gasteiger partial charge on any atom is 0.269 e. The van der Waals surface area contributed by atoms with E-state index in [1.807, 2.05) is 4.57 Å². The third-order valence-corrected chi connectivity index (χ3v) is 4.68. The predicted octanol–water partition coefficient (Wildman–Crippen LogP) is 2.37. The number of carbonyl (C=O) groups is 2. The molecule has 0 aliphatic rings. The third-order valence-electron chi connectivity index (χ3n) is 3.71. The van der Waals surface area contributed by atoms with E-state index in [0.29, 0.717) is 16.5 Å². The maximum absolute atomic E-state index is 12.0. The number of ether oxygens (including phenoxy) is 1. The molecule has 0 atom stereocenters. The van der Waals surface area contributed by atoms with Crippen molar-refractivity contribution in [2.24, 2.45) is 0 Å². The molecule has 146 valence electrons. The van der Waals surface area contributed by atoms with Crippen LogP contribution in [0.2, 0.25) is 0 Å². The van der Waals surface area contributed by atoms with E-state index in [9.17, 15) is 9.59 Å². The van der Waals surface area contributed by atoms with Gasteiger partial charge in [-0.15, -0.1) is 10.2 Å². The molecule has 1 aromatic carbocycles. The van der Waals surface area contributed by atoms with Crippen LogP contribution in [0.15, 0.2) is 29.4 Å². The van der Waals surface area contributed by atoms with Gasteiger partial charge < -0.3 is 9.30 Å². The first-order valence-electron chi connectivity index (χ1n) is 8.75. The Morgan fingerprint density at radius 3 is 2.48 bits per heavy atom. The first-order valence-corrected chi connectivity index (χ1v) is 9.74. The van der Waals surface area contributed by atoms with Gasteiger partial charge in [0.25, 0.3) is 5.91 Å². The Bertz CT molecular complexity index is 774. The average molecular weight is 391 g/mol. The molecule has 0 unspecified atom stereocenters. The van der Waals surface area contributed by atoms with E-state index in [0.717, 1.165) is 18.8 Å². The van der Waals surface area contributed by atoms with Crippen LogP contribution in [0.3, 0.4) is 0 Å². The summed E-state index contributed by atoms with van der Waals surface area (Å²) in [5.41, 5.74) is 5.24. The standard InChI is InChI=1S/C18H25N5O3S/c1-5-10-23-16(12(2)3)20-22-18(23)27-11-15(24)19-21-17(25)13-6-8-14(26-4)9-7-13/h6-9,12H,5,10-11H2,1-4H3,(H,19,24)(H,21,25). The molecule has 0 aliphatic carbocycles. The van der Waals surface area contributed by atoms with E-state index in [1.54, 1.807) is 31.4 Å². The first kappa shape index (κ1) is 20.8. The quantitative estimate of drug-likeness (QED) is 0.530. The number of rotatable bonds is 8. The van der Waals surface area contributed by atoms with Crippen molar-refractivity contribution in [1.82, 2.24) is 25.6 Å². The summed E-state index contributed by atoms with van der Waals surface area (Å²) in [6.45, 7) is 7.01. The van der Waals surface area contributed by atoms with E-state index < -0.39 is 5.91 Å². The highest BCUT2D eigenvalue weighted by atomic mass is 32.2. The van der Waals surface area contributed by atoms with E-state index in [4.69, 9.17) is 4.74 Å². The van der Waals surface area contributed by atoms with Gasteiger partial charge >= 0.3 is 0 Å². The smallest absolute Gasteiger partial charge is 0.269 e. The first-order chi connectivity index (χ1) is 13.0. The molecule has 2 rings (SSSR count). The average Bonchev–Trinajstić information content (AvgIpc) is 3.07. The topological polar surface area (TPSA) is 98.1 Å². The fraction of sp³-hybridized carbons (Fsp3) is 0.444. The van der Waals surface area contributed by atoms with Crippen molar-refractivity contribution in [2.75, 3.05) is 12.9 Å². The molecule has 0 fully saturated rings. The number of hydrogen-bond donors (Lipinski definition) is 2. The van der Waals surface area contributed by atoms with Gasteiger partial charge in [0.1, 0.15) is 11.6 Å². The van der Waals surface area contributed by atoms with Gasteiger partial charge in [-0.3, -0.25) is 20.4 Å². The molecule has 0 radical (unpaired) electrons. The number of aromatic nitrogens is 3. The van der Waals surface area contributed by atoms with Gasteiger partial charge in [-0.25, -0.2) is 0 Å². The second-order valence-electron chi connectivity index (χ2n) is 6.17. The summed E-state index contributed by atoms with van der Waals surface area (Å²) >= 11 is 1.30. The Labute approximate surface area is 163 Å². The van der Waals surface area contributed by atoms with E-state index in [2.05, 4.69) is 41.8 Å². The van der Waals surface area contributed by atoms with Crippen LogP contribution in [0.25, 0.3) is 0 Å². The van der Waals surface area contributed by atoms with Crippen molar-refractivity contribution < 1.29 is 14.3 Å². The fourth-order valence-corrected chi connectivity index (χ4v) is 3.15. The molecule has 2 aromatic rings. The number of nitrogens with zero attached hydrogens (tertiary/aromatic N) is 3. The van der Waals surface area contributed by atoms with Crippen molar-refractivity contribution in [1.29, 1.82) is 0 Å². The minimum absolute atomic E-state index is 0.128. The molecule has 8 nitrogen and oxygen atoms in total. The number of hydrogen-bond acceptors (Lipinski definition) is 6. The van der Waals surface area contributed by atoms with Gasteiger partial charge in [-0.05, 0) is 30.7 Å². The van der Waals surface area contributed by atoms with Crippen molar-refractivity contribution in [3.05, 3.63) is 35.7 Å². The molecule has 2 amide bonds. The van der Waals surface area contributed by atoms with Gasteiger partial charge in [0.15, 0.2) is 5.16 Å². The highest BCUT2D eigenvalue weighted by molar-refractivity contribution is 7.99. The molecule has 27 heavy (non-hydrogen) atoms. The summed E-state index contributed by atoms with van der Waals surface area (Å²) in [5, 5.41) is 9.11. The summed E-state index contributed by atoms with van der Waals surface area (Å²) in [5.74, 6) is 1.24. The maximum atomic E-state index is 12.0. The Morgan fingerprint density at radius 1 is 1.19 bits per heavy atom. The lowest BCUT2D eigenvalue weighted by Crippen LogP contribution is -2.42. The number of methoxy groups -OCH3 is 1. The molecule has 0 bridgehead atoms. The number of hydrazine groups is 1. The van der Waals surface area contributed by atoms with Crippen LogP contribution in [0.1, 0.15) is 49.3 Å². The predicted molar refractivity (Wildman–Crippen MR) is 104 cm³/mol. The summed E-state index contributed by atoms with van der Waals surface area (Å²) in [6, 6.07) is 6.60.